The number of hydrogen-bond acceptors (Lipinski definition) is 6. The average molecular weight is 472 g/mol. The molecule has 0 aliphatic carbocycles. The van der Waals surface area contributed by atoms with Crippen molar-refractivity contribution >= 4 is 63.1 Å². The zero-order valence-corrected chi connectivity index (χ0v) is 17.1. The molecular formula is C16H13BrCl2N6S. The van der Waals surface area contributed by atoms with Gasteiger partial charge in [-0.2, -0.15) is 5.10 Å². The summed E-state index contributed by atoms with van der Waals surface area (Å²) < 4.78 is 2.32. The Labute approximate surface area is 172 Å². The van der Waals surface area contributed by atoms with Crippen molar-refractivity contribution < 1.29 is 0 Å². The number of nitrogens with zero attached hydrogens (tertiary/aromatic N) is 4. The van der Waals surface area contributed by atoms with E-state index in [4.69, 9.17) is 29.0 Å². The summed E-state index contributed by atoms with van der Waals surface area (Å²) in [5.74, 6) is 6.98. The molecule has 1 heterocycles. The van der Waals surface area contributed by atoms with Gasteiger partial charge in [0, 0.05) is 10.2 Å². The predicted molar refractivity (Wildman–Crippen MR) is 112 cm³/mol. The van der Waals surface area contributed by atoms with Gasteiger partial charge >= 0.3 is 0 Å². The van der Waals surface area contributed by atoms with Gasteiger partial charge < -0.3 is 5.84 Å². The van der Waals surface area contributed by atoms with E-state index in [1.807, 2.05) is 36.4 Å². The number of benzene rings is 2. The third-order valence-corrected chi connectivity index (χ3v) is 5.49. The molecule has 0 radical (unpaired) electrons. The molecule has 10 heteroatoms. The summed E-state index contributed by atoms with van der Waals surface area (Å²) in [5.41, 5.74) is 4.73. The van der Waals surface area contributed by atoms with Gasteiger partial charge in [0.15, 0.2) is 0 Å². The molecule has 0 fully saturated rings. The Hall–Kier alpha value is -1.74. The van der Waals surface area contributed by atoms with E-state index in [0.717, 1.165) is 15.6 Å². The first kappa shape index (κ1) is 19.0. The van der Waals surface area contributed by atoms with Crippen LogP contribution >= 0.6 is 50.9 Å². The molecule has 3 N–H and O–H groups in total. The van der Waals surface area contributed by atoms with Crippen LogP contribution in [0, 0.1) is 0 Å². The van der Waals surface area contributed by atoms with Crippen molar-refractivity contribution in [3.05, 3.63) is 68.1 Å². The van der Waals surface area contributed by atoms with E-state index in [1.54, 1.807) is 12.3 Å². The number of aromatic nitrogens is 3. The molecule has 3 aromatic rings. The summed E-state index contributed by atoms with van der Waals surface area (Å²) in [5, 5.41) is 13.8. The Kier molecular flexibility index (Phi) is 6.42. The third-order valence-electron chi connectivity index (χ3n) is 3.24. The number of anilines is 1. The van der Waals surface area contributed by atoms with Gasteiger partial charge in [-0.3, -0.25) is 0 Å². The SMILES string of the molecule is Nn1c(N/N=C/c2cccc(Br)c2)nnc1SCc1ccc(Cl)c(Cl)c1. The largest absolute Gasteiger partial charge is 0.334 e. The van der Waals surface area contributed by atoms with Gasteiger partial charge in [-0.1, -0.05) is 69.1 Å². The van der Waals surface area contributed by atoms with Crippen molar-refractivity contribution in [3.8, 4) is 0 Å². The summed E-state index contributed by atoms with van der Waals surface area (Å²) in [6.07, 6.45) is 1.67. The molecule has 6 nitrogen and oxygen atoms in total. The number of thioether (sulfide) groups is 1. The molecule has 0 unspecified atom stereocenters. The maximum atomic E-state index is 6.02. The molecule has 0 saturated heterocycles. The van der Waals surface area contributed by atoms with Crippen LogP contribution in [0.2, 0.25) is 10.0 Å². The van der Waals surface area contributed by atoms with Crippen molar-refractivity contribution in [3.63, 3.8) is 0 Å². The van der Waals surface area contributed by atoms with Crippen LogP contribution in [0.4, 0.5) is 5.95 Å². The highest BCUT2D eigenvalue weighted by Gasteiger charge is 2.10. The summed E-state index contributed by atoms with van der Waals surface area (Å²) >= 11 is 16.8. The number of nitrogen functional groups attached to an aromatic ring is 1. The number of halogens is 3. The summed E-state index contributed by atoms with van der Waals surface area (Å²) in [7, 11) is 0. The Bertz CT molecular complexity index is 946. The normalized spacial score (nSPS) is 11.2. The molecule has 2 aromatic carbocycles. The van der Waals surface area contributed by atoms with Crippen molar-refractivity contribution in [1.82, 2.24) is 14.9 Å². The van der Waals surface area contributed by atoms with Crippen LogP contribution in [-0.4, -0.2) is 21.1 Å². The minimum absolute atomic E-state index is 0.341. The topological polar surface area (TPSA) is 81.1 Å². The number of hydrogen-bond donors (Lipinski definition) is 2. The Morgan fingerprint density at radius 2 is 2.04 bits per heavy atom. The molecule has 0 saturated carbocycles. The predicted octanol–water partition coefficient (Wildman–Crippen LogP) is 4.80. The van der Waals surface area contributed by atoms with Crippen LogP contribution in [0.5, 0.6) is 0 Å². The molecule has 26 heavy (non-hydrogen) atoms. The van der Waals surface area contributed by atoms with E-state index in [0.29, 0.717) is 26.9 Å². The minimum atomic E-state index is 0.341. The molecular weight excluding hydrogens is 459 g/mol. The molecule has 1 aromatic heterocycles. The van der Waals surface area contributed by atoms with Crippen molar-refractivity contribution in [2.75, 3.05) is 11.3 Å². The van der Waals surface area contributed by atoms with E-state index < -0.39 is 0 Å². The molecule has 0 aliphatic rings. The highest BCUT2D eigenvalue weighted by Crippen LogP contribution is 2.27. The summed E-state index contributed by atoms with van der Waals surface area (Å²) in [4.78, 5) is 0. The fourth-order valence-electron chi connectivity index (χ4n) is 1.98. The second-order valence-corrected chi connectivity index (χ2v) is 7.81. The van der Waals surface area contributed by atoms with Gasteiger partial charge in [0.2, 0.25) is 5.16 Å². The lowest BCUT2D eigenvalue weighted by Crippen LogP contribution is -2.13. The first-order chi connectivity index (χ1) is 12.5. The van der Waals surface area contributed by atoms with Gasteiger partial charge in [0.1, 0.15) is 0 Å². The molecule has 0 aliphatic heterocycles. The smallest absolute Gasteiger partial charge is 0.264 e. The fourth-order valence-corrected chi connectivity index (χ4v) is 3.52. The molecule has 3 rings (SSSR count). The maximum absolute atomic E-state index is 6.02. The van der Waals surface area contributed by atoms with Crippen LogP contribution in [0.3, 0.4) is 0 Å². The van der Waals surface area contributed by atoms with E-state index in [-0.39, 0.29) is 0 Å². The van der Waals surface area contributed by atoms with E-state index in [2.05, 4.69) is 36.7 Å². The molecule has 0 atom stereocenters. The van der Waals surface area contributed by atoms with Crippen LogP contribution in [0.15, 0.2) is 57.2 Å². The van der Waals surface area contributed by atoms with E-state index in [1.165, 1.54) is 16.4 Å². The Morgan fingerprint density at radius 3 is 2.81 bits per heavy atom. The monoisotopic (exact) mass is 470 g/mol. The van der Waals surface area contributed by atoms with Gasteiger partial charge in [0.05, 0.1) is 16.3 Å². The second kappa shape index (κ2) is 8.77. The molecule has 134 valence electrons. The van der Waals surface area contributed by atoms with E-state index >= 15 is 0 Å². The molecule has 0 spiro atoms. The highest BCUT2D eigenvalue weighted by molar-refractivity contribution is 9.10. The van der Waals surface area contributed by atoms with Gasteiger partial charge in [-0.05, 0) is 35.4 Å². The standard InChI is InChI=1S/C16H13BrCl2N6S/c17-12-3-1-2-10(6-12)8-21-22-15-23-24-16(25(15)20)26-9-11-4-5-13(18)14(19)7-11/h1-8H,9,20H2,(H,22,23)/b21-8+. The van der Waals surface area contributed by atoms with Crippen molar-refractivity contribution in [2.24, 2.45) is 5.10 Å². The fraction of sp³-hybridized carbons (Fsp3) is 0.0625. The lowest BCUT2D eigenvalue weighted by molar-refractivity contribution is 0.847. The van der Waals surface area contributed by atoms with Crippen molar-refractivity contribution in [2.45, 2.75) is 10.9 Å². The van der Waals surface area contributed by atoms with Crippen LogP contribution in [0.1, 0.15) is 11.1 Å². The van der Waals surface area contributed by atoms with E-state index in [9.17, 15) is 0 Å². The third kappa shape index (κ3) is 4.91. The zero-order valence-electron chi connectivity index (χ0n) is 13.2. The quantitative estimate of drug-likeness (QED) is 0.233. The number of nitrogens with one attached hydrogen (secondary N) is 1. The van der Waals surface area contributed by atoms with Crippen molar-refractivity contribution in [1.29, 1.82) is 0 Å². The number of hydrazone groups is 1. The van der Waals surface area contributed by atoms with Gasteiger partial charge in [0.25, 0.3) is 5.95 Å². The number of nitrogens with two attached hydrogens (primary N) is 1. The highest BCUT2D eigenvalue weighted by atomic mass is 79.9. The summed E-state index contributed by atoms with van der Waals surface area (Å²) in [6.45, 7) is 0. The van der Waals surface area contributed by atoms with Gasteiger partial charge in [-0.25, -0.2) is 10.1 Å². The first-order valence-electron chi connectivity index (χ1n) is 7.35. The molecule has 0 amide bonds. The Morgan fingerprint density at radius 1 is 1.19 bits per heavy atom. The van der Waals surface area contributed by atoms with Crippen LogP contribution in [0.25, 0.3) is 0 Å². The number of rotatable bonds is 6. The lowest BCUT2D eigenvalue weighted by atomic mass is 10.2. The maximum Gasteiger partial charge on any atom is 0.264 e. The second-order valence-electron chi connectivity index (χ2n) is 5.14. The zero-order chi connectivity index (χ0) is 18.5. The van der Waals surface area contributed by atoms with Crippen LogP contribution in [-0.2, 0) is 5.75 Å². The first-order valence-corrected chi connectivity index (χ1v) is 9.88. The minimum Gasteiger partial charge on any atom is -0.334 e. The Balaban J connectivity index is 1.61. The summed E-state index contributed by atoms with van der Waals surface area (Å²) in [6, 6.07) is 13.2. The van der Waals surface area contributed by atoms with Crippen LogP contribution < -0.4 is 11.3 Å². The lowest BCUT2D eigenvalue weighted by Gasteiger charge is -2.04. The average Bonchev–Trinajstić information content (AvgIpc) is 2.96. The van der Waals surface area contributed by atoms with Gasteiger partial charge in [-0.15, -0.1) is 10.2 Å². The molecule has 0 bridgehead atoms.